The minimum Gasteiger partial charge on any atom is -0.398 e. The first kappa shape index (κ1) is 15.7. The molecule has 0 aliphatic rings. The number of hydrogen-bond donors (Lipinski definition) is 2. The molecular weight excluding hydrogens is 366 g/mol. The first-order valence-electron chi connectivity index (χ1n) is 5.74. The molecule has 0 bridgehead atoms. The lowest BCUT2D eigenvalue weighted by Gasteiger charge is -2.13. The number of nitrogen functional groups attached to an aromatic ring is 1. The second kappa shape index (κ2) is 5.61. The second-order valence-electron chi connectivity index (χ2n) is 4.35. The molecule has 0 spiro atoms. The van der Waals surface area contributed by atoms with Crippen molar-refractivity contribution in [2.75, 3.05) is 10.5 Å². The lowest BCUT2D eigenvalue weighted by molar-refractivity contribution is 0.594. The average molecular weight is 377 g/mol. The van der Waals surface area contributed by atoms with Crippen LogP contribution in [0, 0.1) is 18.6 Å². The first-order chi connectivity index (χ1) is 9.70. The zero-order chi connectivity index (χ0) is 15.8. The zero-order valence-corrected chi connectivity index (χ0v) is 13.2. The van der Waals surface area contributed by atoms with E-state index in [0.29, 0.717) is 10.0 Å². The van der Waals surface area contributed by atoms with Crippen LogP contribution in [0.3, 0.4) is 0 Å². The van der Waals surface area contributed by atoms with Gasteiger partial charge in [0.15, 0.2) is 0 Å². The van der Waals surface area contributed by atoms with Crippen molar-refractivity contribution in [2.24, 2.45) is 0 Å². The summed E-state index contributed by atoms with van der Waals surface area (Å²) in [6.45, 7) is 1.53. The summed E-state index contributed by atoms with van der Waals surface area (Å²) >= 11 is 3.14. The third-order valence-electron chi connectivity index (χ3n) is 2.83. The number of sulfonamides is 1. The third-order valence-corrected chi connectivity index (χ3v) is 4.78. The van der Waals surface area contributed by atoms with E-state index in [9.17, 15) is 17.2 Å². The summed E-state index contributed by atoms with van der Waals surface area (Å²) < 4.78 is 53.8. The van der Waals surface area contributed by atoms with Crippen LogP contribution in [0.5, 0.6) is 0 Å². The van der Waals surface area contributed by atoms with Gasteiger partial charge < -0.3 is 5.73 Å². The Morgan fingerprint density at radius 2 is 1.86 bits per heavy atom. The topological polar surface area (TPSA) is 72.2 Å². The van der Waals surface area contributed by atoms with Crippen molar-refractivity contribution in [1.82, 2.24) is 0 Å². The molecule has 4 nitrogen and oxygen atoms in total. The fraction of sp³-hybridized carbons (Fsp3) is 0.0769. The Morgan fingerprint density at radius 3 is 2.52 bits per heavy atom. The molecule has 0 atom stereocenters. The summed E-state index contributed by atoms with van der Waals surface area (Å²) in [5.74, 6) is -1.62. The standard InChI is InChI=1S/C13H11BrF2N2O2S/c1-7-11(17)4-8(14)5-13(7)21(19,20)18-12-6-9(15)2-3-10(12)16/h2-6,18H,17H2,1H3. The van der Waals surface area contributed by atoms with Crippen LogP contribution in [0.4, 0.5) is 20.2 Å². The van der Waals surface area contributed by atoms with E-state index >= 15 is 0 Å². The van der Waals surface area contributed by atoms with Crippen LogP contribution in [0.25, 0.3) is 0 Å². The van der Waals surface area contributed by atoms with Gasteiger partial charge in [-0.3, -0.25) is 4.72 Å². The summed E-state index contributed by atoms with van der Waals surface area (Å²) in [6.07, 6.45) is 0. The number of halogens is 3. The Bertz CT molecular complexity index is 810. The van der Waals surface area contributed by atoms with E-state index in [1.807, 2.05) is 4.72 Å². The van der Waals surface area contributed by atoms with Crippen molar-refractivity contribution in [3.63, 3.8) is 0 Å². The highest BCUT2D eigenvalue weighted by Gasteiger charge is 2.21. The lowest BCUT2D eigenvalue weighted by Crippen LogP contribution is -2.16. The summed E-state index contributed by atoms with van der Waals surface area (Å²) in [5, 5.41) is 0. The maximum atomic E-state index is 13.5. The van der Waals surface area contributed by atoms with Crippen molar-refractivity contribution >= 4 is 37.3 Å². The molecule has 2 aromatic carbocycles. The van der Waals surface area contributed by atoms with E-state index < -0.39 is 27.3 Å². The fourth-order valence-corrected chi connectivity index (χ4v) is 3.71. The maximum absolute atomic E-state index is 13.5. The van der Waals surface area contributed by atoms with Crippen LogP contribution in [-0.2, 0) is 10.0 Å². The normalized spacial score (nSPS) is 11.4. The SMILES string of the molecule is Cc1c(N)cc(Br)cc1S(=O)(=O)Nc1cc(F)ccc1F. The highest BCUT2D eigenvalue weighted by Crippen LogP contribution is 2.28. The molecule has 0 aliphatic carbocycles. The lowest BCUT2D eigenvalue weighted by atomic mass is 10.2. The van der Waals surface area contributed by atoms with Crippen molar-refractivity contribution in [3.05, 3.63) is 52.0 Å². The number of nitrogens with two attached hydrogens (primary N) is 1. The van der Waals surface area contributed by atoms with E-state index in [-0.39, 0.29) is 10.6 Å². The molecule has 0 aliphatic heterocycles. The summed E-state index contributed by atoms with van der Waals surface area (Å²) in [6, 6.07) is 5.40. The molecule has 0 unspecified atom stereocenters. The fourth-order valence-electron chi connectivity index (χ4n) is 1.73. The molecule has 21 heavy (non-hydrogen) atoms. The number of anilines is 2. The molecule has 0 radical (unpaired) electrons. The van der Waals surface area contributed by atoms with Crippen molar-refractivity contribution < 1.29 is 17.2 Å². The second-order valence-corrected chi connectivity index (χ2v) is 6.91. The van der Waals surface area contributed by atoms with Gasteiger partial charge in [-0.05, 0) is 36.8 Å². The Kier molecular flexibility index (Phi) is 4.20. The molecule has 112 valence electrons. The Hall–Kier alpha value is -1.67. The summed E-state index contributed by atoms with van der Waals surface area (Å²) in [7, 11) is -4.09. The zero-order valence-electron chi connectivity index (χ0n) is 10.8. The van der Waals surface area contributed by atoms with Crippen molar-refractivity contribution in [3.8, 4) is 0 Å². The number of hydrogen-bond acceptors (Lipinski definition) is 3. The van der Waals surface area contributed by atoms with Gasteiger partial charge in [-0.1, -0.05) is 15.9 Å². The van der Waals surface area contributed by atoms with Crippen LogP contribution < -0.4 is 10.5 Å². The molecule has 8 heteroatoms. The van der Waals surface area contributed by atoms with Crippen LogP contribution >= 0.6 is 15.9 Å². The highest BCUT2D eigenvalue weighted by atomic mass is 79.9. The number of rotatable bonds is 3. The van der Waals surface area contributed by atoms with Gasteiger partial charge in [0.2, 0.25) is 0 Å². The highest BCUT2D eigenvalue weighted by molar-refractivity contribution is 9.10. The van der Waals surface area contributed by atoms with Crippen molar-refractivity contribution in [1.29, 1.82) is 0 Å². The minimum atomic E-state index is -4.09. The third kappa shape index (κ3) is 3.33. The van der Waals surface area contributed by atoms with E-state index in [1.165, 1.54) is 13.0 Å². The molecule has 2 aromatic rings. The van der Waals surface area contributed by atoms with E-state index in [2.05, 4.69) is 15.9 Å². The smallest absolute Gasteiger partial charge is 0.262 e. The number of benzene rings is 2. The maximum Gasteiger partial charge on any atom is 0.262 e. The molecule has 3 N–H and O–H groups in total. The molecule has 0 saturated carbocycles. The predicted octanol–water partition coefficient (Wildman–Crippen LogP) is 3.42. The van der Waals surface area contributed by atoms with E-state index in [1.54, 1.807) is 6.07 Å². The van der Waals surface area contributed by atoms with Crippen molar-refractivity contribution in [2.45, 2.75) is 11.8 Å². The largest absolute Gasteiger partial charge is 0.398 e. The predicted molar refractivity (Wildman–Crippen MR) is 80.5 cm³/mol. The van der Waals surface area contributed by atoms with Gasteiger partial charge >= 0.3 is 0 Å². The molecule has 0 heterocycles. The van der Waals surface area contributed by atoms with E-state index in [0.717, 1.165) is 18.2 Å². The molecule has 2 rings (SSSR count). The van der Waals surface area contributed by atoms with E-state index in [4.69, 9.17) is 5.73 Å². The average Bonchev–Trinajstić information content (AvgIpc) is 2.37. The molecule has 0 fully saturated rings. The minimum absolute atomic E-state index is 0.113. The Labute approximate surface area is 129 Å². The van der Waals surface area contributed by atoms with Gasteiger partial charge in [-0.2, -0.15) is 0 Å². The van der Waals surface area contributed by atoms with Gasteiger partial charge in [-0.15, -0.1) is 0 Å². The molecule has 0 amide bonds. The Balaban J connectivity index is 2.51. The summed E-state index contributed by atoms with van der Waals surface area (Å²) in [5.41, 5.74) is 5.83. The van der Waals surface area contributed by atoms with Gasteiger partial charge in [0.1, 0.15) is 11.6 Å². The summed E-state index contributed by atoms with van der Waals surface area (Å²) in [4.78, 5) is -0.113. The molecule has 0 aromatic heterocycles. The number of nitrogens with one attached hydrogen (secondary N) is 1. The van der Waals surface area contributed by atoms with Gasteiger partial charge in [0, 0.05) is 16.2 Å². The van der Waals surface area contributed by atoms with Crippen LogP contribution in [0.1, 0.15) is 5.56 Å². The van der Waals surface area contributed by atoms with Crippen LogP contribution in [0.2, 0.25) is 0 Å². The van der Waals surface area contributed by atoms with Crippen LogP contribution in [0.15, 0.2) is 39.7 Å². The molecule has 0 saturated heterocycles. The quantitative estimate of drug-likeness (QED) is 0.806. The molecular formula is C13H11BrF2N2O2S. The van der Waals surface area contributed by atoms with Crippen LogP contribution in [-0.4, -0.2) is 8.42 Å². The van der Waals surface area contributed by atoms with Gasteiger partial charge in [0.05, 0.1) is 10.6 Å². The Morgan fingerprint density at radius 1 is 1.19 bits per heavy atom. The monoisotopic (exact) mass is 376 g/mol. The first-order valence-corrected chi connectivity index (χ1v) is 8.02. The van der Waals surface area contributed by atoms with Gasteiger partial charge in [0.25, 0.3) is 10.0 Å². The van der Waals surface area contributed by atoms with Gasteiger partial charge in [-0.25, -0.2) is 17.2 Å².